The molecule has 0 amide bonds. The van der Waals surface area contributed by atoms with Crippen molar-refractivity contribution in [1.82, 2.24) is 0 Å². The third-order valence-corrected chi connectivity index (χ3v) is 3.54. The van der Waals surface area contributed by atoms with Crippen LogP contribution in [0.5, 0.6) is 5.75 Å². The summed E-state index contributed by atoms with van der Waals surface area (Å²) in [6.45, 7) is 13.4. The van der Waals surface area contributed by atoms with Crippen LogP contribution >= 0.6 is 0 Å². The molecule has 0 heterocycles. The van der Waals surface area contributed by atoms with Crippen LogP contribution in [-0.4, -0.2) is 32.4 Å². The van der Waals surface area contributed by atoms with Crippen molar-refractivity contribution in [2.24, 2.45) is 0 Å². The molecular formula is C18H30NO2+. The smallest absolute Gasteiger partial charge is 0.122 e. The molecule has 0 aliphatic heterocycles. The fourth-order valence-electron chi connectivity index (χ4n) is 2.08. The molecule has 3 nitrogen and oxygen atoms in total. The van der Waals surface area contributed by atoms with Crippen LogP contribution in [0.15, 0.2) is 30.9 Å². The molecule has 2 N–H and O–H groups in total. The fourth-order valence-corrected chi connectivity index (χ4v) is 2.08. The average Bonchev–Trinajstić information content (AvgIpc) is 2.48. The SMILES string of the molecule is C=CCc1cc(C)ccc1OCCOCC[NH2+][C@H](C)CC. The van der Waals surface area contributed by atoms with E-state index in [1.54, 1.807) is 0 Å². The zero-order valence-electron chi connectivity index (χ0n) is 13.7. The van der Waals surface area contributed by atoms with Gasteiger partial charge in [-0.3, -0.25) is 0 Å². The van der Waals surface area contributed by atoms with Gasteiger partial charge >= 0.3 is 0 Å². The normalized spacial score (nSPS) is 12.1. The van der Waals surface area contributed by atoms with E-state index in [4.69, 9.17) is 9.47 Å². The standard InChI is InChI=1S/C18H29NO2/c1-5-7-17-14-15(3)8-9-18(17)21-13-12-20-11-10-19-16(4)6-2/h5,8-9,14,16,19H,1,6-7,10-13H2,2-4H3/p+1/t16-/m1/s1. The van der Waals surface area contributed by atoms with Crippen LogP contribution in [0, 0.1) is 6.92 Å². The minimum absolute atomic E-state index is 0.594. The van der Waals surface area contributed by atoms with Crippen LogP contribution in [-0.2, 0) is 11.2 Å². The topological polar surface area (TPSA) is 35.1 Å². The van der Waals surface area contributed by atoms with Gasteiger partial charge in [0.2, 0.25) is 0 Å². The van der Waals surface area contributed by atoms with Gasteiger partial charge in [0.05, 0.1) is 25.8 Å². The maximum absolute atomic E-state index is 5.81. The van der Waals surface area contributed by atoms with Gasteiger partial charge in [-0.2, -0.15) is 0 Å². The molecule has 118 valence electrons. The summed E-state index contributed by atoms with van der Waals surface area (Å²) in [5, 5.41) is 2.32. The number of nitrogens with two attached hydrogens (primary N) is 1. The molecular weight excluding hydrogens is 262 g/mol. The van der Waals surface area contributed by atoms with Crippen LogP contribution in [0.25, 0.3) is 0 Å². The molecule has 0 spiro atoms. The Balaban J connectivity index is 2.22. The van der Waals surface area contributed by atoms with Crippen molar-refractivity contribution in [1.29, 1.82) is 0 Å². The van der Waals surface area contributed by atoms with Crippen molar-refractivity contribution >= 4 is 0 Å². The lowest BCUT2D eigenvalue weighted by Crippen LogP contribution is -2.90. The molecule has 0 unspecified atom stereocenters. The number of benzene rings is 1. The Morgan fingerprint density at radius 3 is 2.81 bits per heavy atom. The Kier molecular flexibility index (Phi) is 8.79. The largest absolute Gasteiger partial charge is 0.491 e. The van der Waals surface area contributed by atoms with Gasteiger partial charge in [0, 0.05) is 0 Å². The van der Waals surface area contributed by atoms with E-state index in [1.807, 2.05) is 12.1 Å². The molecule has 0 radical (unpaired) electrons. The highest BCUT2D eigenvalue weighted by atomic mass is 16.5. The number of allylic oxidation sites excluding steroid dienone is 1. The summed E-state index contributed by atoms with van der Waals surface area (Å²) in [7, 11) is 0. The summed E-state index contributed by atoms with van der Waals surface area (Å²) in [6, 6.07) is 6.94. The zero-order valence-corrected chi connectivity index (χ0v) is 13.7. The maximum atomic E-state index is 5.81. The molecule has 1 atom stereocenters. The number of ether oxygens (including phenoxy) is 2. The first-order chi connectivity index (χ1) is 10.2. The van der Waals surface area contributed by atoms with E-state index in [1.165, 1.54) is 17.5 Å². The molecule has 0 aliphatic rings. The van der Waals surface area contributed by atoms with Crippen molar-refractivity contribution in [2.45, 2.75) is 39.7 Å². The van der Waals surface area contributed by atoms with Gasteiger partial charge in [-0.05, 0) is 38.3 Å². The van der Waals surface area contributed by atoms with Gasteiger partial charge in [0.1, 0.15) is 12.4 Å². The molecule has 1 aromatic carbocycles. The lowest BCUT2D eigenvalue weighted by atomic mass is 10.1. The summed E-state index contributed by atoms with van der Waals surface area (Å²) >= 11 is 0. The van der Waals surface area contributed by atoms with Gasteiger partial charge in [-0.25, -0.2) is 0 Å². The molecule has 0 saturated carbocycles. The van der Waals surface area contributed by atoms with E-state index < -0.39 is 0 Å². The molecule has 21 heavy (non-hydrogen) atoms. The first kappa shape index (κ1) is 17.7. The minimum Gasteiger partial charge on any atom is -0.491 e. The third-order valence-electron chi connectivity index (χ3n) is 3.54. The van der Waals surface area contributed by atoms with E-state index in [-0.39, 0.29) is 0 Å². The van der Waals surface area contributed by atoms with Crippen molar-refractivity contribution in [3.63, 3.8) is 0 Å². The lowest BCUT2D eigenvalue weighted by molar-refractivity contribution is -0.687. The minimum atomic E-state index is 0.594. The maximum Gasteiger partial charge on any atom is 0.122 e. The Labute approximate surface area is 129 Å². The molecule has 0 aliphatic carbocycles. The van der Waals surface area contributed by atoms with Crippen LogP contribution in [0.3, 0.4) is 0 Å². The van der Waals surface area contributed by atoms with Gasteiger partial charge < -0.3 is 14.8 Å². The van der Waals surface area contributed by atoms with E-state index >= 15 is 0 Å². The molecule has 1 aromatic rings. The second kappa shape index (κ2) is 10.4. The van der Waals surface area contributed by atoms with Crippen LogP contribution < -0.4 is 10.1 Å². The van der Waals surface area contributed by atoms with E-state index in [2.05, 4.69) is 44.8 Å². The Morgan fingerprint density at radius 1 is 1.29 bits per heavy atom. The molecule has 1 rings (SSSR count). The Bertz CT molecular complexity index is 418. The fraction of sp³-hybridized carbons (Fsp3) is 0.556. The molecule has 0 fully saturated rings. The molecule has 0 bridgehead atoms. The van der Waals surface area contributed by atoms with Crippen molar-refractivity contribution in [2.75, 3.05) is 26.4 Å². The van der Waals surface area contributed by atoms with Gasteiger partial charge in [-0.15, -0.1) is 6.58 Å². The number of aryl methyl sites for hydroxylation is 1. The van der Waals surface area contributed by atoms with Gasteiger partial charge in [-0.1, -0.05) is 30.7 Å². The average molecular weight is 292 g/mol. The predicted molar refractivity (Wildman–Crippen MR) is 87.9 cm³/mol. The third kappa shape index (κ3) is 7.30. The summed E-state index contributed by atoms with van der Waals surface area (Å²) in [5.74, 6) is 0.940. The summed E-state index contributed by atoms with van der Waals surface area (Å²) in [5.41, 5.74) is 2.44. The van der Waals surface area contributed by atoms with Gasteiger partial charge in [0.15, 0.2) is 0 Å². The highest BCUT2D eigenvalue weighted by molar-refractivity contribution is 5.38. The van der Waals surface area contributed by atoms with Crippen molar-refractivity contribution in [3.05, 3.63) is 42.0 Å². The van der Waals surface area contributed by atoms with E-state index in [0.29, 0.717) is 19.3 Å². The first-order valence-electron chi connectivity index (χ1n) is 7.91. The monoisotopic (exact) mass is 292 g/mol. The van der Waals surface area contributed by atoms with Crippen LogP contribution in [0.4, 0.5) is 0 Å². The summed E-state index contributed by atoms with van der Waals surface area (Å²) in [6.07, 6.45) is 3.94. The van der Waals surface area contributed by atoms with E-state index in [0.717, 1.165) is 25.3 Å². The zero-order chi connectivity index (χ0) is 15.5. The molecule has 0 saturated heterocycles. The Hall–Kier alpha value is -1.32. The number of hydrogen-bond acceptors (Lipinski definition) is 2. The highest BCUT2D eigenvalue weighted by Crippen LogP contribution is 2.20. The first-order valence-corrected chi connectivity index (χ1v) is 7.91. The molecule has 3 heteroatoms. The van der Waals surface area contributed by atoms with Gasteiger partial charge in [0.25, 0.3) is 0 Å². The quantitative estimate of drug-likeness (QED) is 0.502. The summed E-state index contributed by atoms with van der Waals surface area (Å²) in [4.78, 5) is 0. The lowest BCUT2D eigenvalue weighted by Gasteiger charge is -2.12. The summed E-state index contributed by atoms with van der Waals surface area (Å²) < 4.78 is 11.4. The van der Waals surface area contributed by atoms with Crippen molar-refractivity contribution < 1.29 is 14.8 Å². The van der Waals surface area contributed by atoms with Crippen LogP contribution in [0.2, 0.25) is 0 Å². The second-order valence-electron chi connectivity index (χ2n) is 5.47. The highest BCUT2D eigenvalue weighted by Gasteiger charge is 2.03. The Morgan fingerprint density at radius 2 is 2.10 bits per heavy atom. The number of rotatable bonds is 11. The second-order valence-corrected chi connectivity index (χ2v) is 5.47. The van der Waals surface area contributed by atoms with Crippen LogP contribution in [0.1, 0.15) is 31.4 Å². The number of quaternary nitrogens is 1. The number of hydrogen-bond donors (Lipinski definition) is 1. The predicted octanol–water partition coefficient (Wildman–Crippen LogP) is 2.48. The molecule has 0 aromatic heterocycles. The van der Waals surface area contributed by atoms with E-state index in [9.17, 15) is 0 Å². The van der Waals surface area contributed by atoms with Crippen molar-refractivity contribution in [3.8, 4) is 5.75 Å².